The van der Waals surface area contributed by atoms with E-state index < -0.39 is 0 Å². The highest BCUT2D eigenvalue weighted by atomic mass is 32.1. The van der Waals surface area contributed by atoms with E-state index in [1.807, 2.05) is 18.2 Å². The van der Waals surface area contributed by atoms with Crippen molar-refractivity contribution in [2.75, 3.05) is 54.0 Å². The van der Waals surface area contributed by atoms with E-state index in [1.54, 1.807) is 4.90 Å². The molecule has 2 fully saturated rings. The zero-order chi connectivity index (χ0) is 20.2. The molecule has 0 saturated carbocycles. The number of para-hydroxylation sites is 1. The fraction of sp³-hybridized carbons (Fsp3) is 0.333. The maximum Gasteiger partial charge on any atom is 0.414 e. The van der Waals surface area contributed by atoms with Crippen LogP contribution in [0.5, 0.6) is 0 Å². The molecule has 1 amide bonds. The lowest BCUT2D eigenvalue weighted by Crippen LogP contribution is -2.46. The lowest BCUT2D eigenvalue weighted by Gasteiger charge is -2.37. The van der Waals surface area contributed by atoms with Gasteiger partial charge >= 0.3 is 6.09 Å². The van der Waals surface area contributed by atoms with Crippen molar-refractivity contribution in [3.63, 3.8) is 0 Å². The van der Waals surface area contributed by atoms with E-state index in [9.17, 15) is 4.79 Å². The van der Waals surface area contributed by atoms with Gasteiger partial charge in [-0.2, -0.15) is 0 Å². The fourth-order valence-electron chi connectivity index (χ4n) is 3.76. The van der Waals surface area contributed by atoms with Gasteiger partial charge < -0.3 is 25.6 Å². The van der Waals surface area contributed by atoms with Crippen LogP contribution >= 0.6 is 12.2 Å². The largest absolute Gasteiger partial charge is 0.442 e. The summed E-state index contributed by atoms with van der Waals surface area (Å²) in [6, 6.07) is 18.6. The summed E-state index contributed by atoms with van der Waals surface area (Å²) in [7, 11) is 0. The molecule has 2 aromatic rings. The zero-order valence-corrected chi connectivity index (χ0v) is 17.0. The maximum absolute atomic E-state index is 12.2. The van der Waals surface area contributed by atoms with Gasteiger partial charge in [-0.25, -0.2) is 4.79 Å². The number of carbonyl (C=O) groups is 1. The third-order valence-corrected chi connectivity index (χ3v) is 5.45. The third-order valence-electron chi connectivity index (χ3n) is 5.31. The Morgan fingerprint density at radius 1 is 0.966 bits per heavy atom. The summed E-state index contributed by atoms with van der Waals surface area (Å²) in [6.07, 6.45) is -0.612. The van der Waals surface area contributed by atoms with Gasteiger partial charge in [0.25, 0.3) is 0 Å². The number of benzene rings is 2. The number of hydrogen-bond acceptors (Lipinski definition) is 5. The number of amides is 1. The SMILES string of the molecule is NC(=S)NC[C@H]1CN(c2ccc(N3CCN(c4ccccc4)CC3)cc2)C(=O)O1. The summed E-state index contributed by atoms with van der Waals surface area (Å²) in [4.78, 5) is 18.6. The Morgan fingerprint density at radius 2 is 1.52 bits per heavy atom. The standard InChI is InChI=1S/C21H25N5O2S/c22-20(29)23-14-19-15-26(21(27)28-19)18-8-6-17(7-9-18)25-12-10-24(11-13-25)16-4-2-1-3-5-16/h1-9,19H,10-15H2,(H3,22,23,29)/t19-/m0/s1. The van der Waals surface area contributed by atoms with Gasteiger partial charge in [0.15, 0.2) is 5.11 Å². The molecule has 152 valence electrons. The highest BCUT2D eigenvalue weighted by Crippen LogP contribution is 2.26. The molecule has 4 rings (SSSR count). The quantitative estimate of drug-likeness (QED) is 0.731. The average molecular weight is 412 g/mol. The normalized spacial score (nSPS) is 19.2. The van der Waals surface area contributed by atoms with Crippen molar-refractivity contribution in [3.8, 4) is 0 Å². The Bertz CT molecular complexity index is 853. The molecule has 1 atom stereocenters. The number of nitrogens with two attached hydrogens (primary N) is 1. The van der Waals surface area contributed by atoms with Gasteiger partial charge in [0.05, 0.1) is 13.1 Å². The van der Waals surface area contributed by atoms with E-state index >= 15 is 0 Å². The molecular formula is C21H25N5O2S. The fourth-order valence-corrected chi connectivity index (χ4v) is 3.84. The second kappa shape index (κ2) is 8.57. The molecule has 0 unspecified atom stereocenters. The lowest BCUT2D eigenvalue weighted by atomic mass is 10.2. The van der Waals surface area contributed by atoms with Crippen LogP contribution in [0.15, 0.2) is 54.6 Å². The molecule has 0 spiro atoms. The van der Waals surface area contributed by atoms with Crippen LogP contribution in [-0.4, -0.2) is 56.6 Å². The molecule has 3 N–H and O–H groups in total. The molecule has 2 aromatic carbocycles. The summed E-state index contributed by atoms with van der Waals surface area (Å²) < 4.78 is 5.37. The van der Waals surface area contributed by atoms with Gasteiger partial charge in [-0.3, -0.25) is 4.90 Å². The maximum atomic E-state index is 12.2. The molecule has 0 bridgehead atoms. The van der Waals surface area contributed by atoms with Gasteiger partial charge in [0, 0.05) is 43.2 Å². The molecule has 0 radical (unpaired) electrons. The number of thiocarbonyl (C=S) groups is 1. The summed E-state index contributed by atoms with van der Waals surface area (Å²) in [5.74, 6) is 0. The third kappa shape index (κ3) is 4.54. The number of anilines is 3. The summed E-state index contributed by atoms with van der Waals surface area (Å²) >= 11 is 4.80. The second-order valence-electron chi connectivity index (χ2n) is 7.19. The molecule has 0 aromatic heterocycles. The predicted molar refractivity (Wildman–Crippen MR) is 120 cm³/mol. The molecule has 2 aliphatic heterocycles. The first kappa shape index (κ1) is 19.3. The van der Waals surface area contributed by atoms with Crippen LogP contribution in [0.2, 0.25) is 0 Å². The number of ether oxygens (including phenoxy) is 1. The van der Waals surface area contributed by atoms with Crippen LogP contribution in [-0.2, 0) is 4.74 Å². The molecular weight excluding hydrogens is 386 g/mol. The monoisotopic (exact) mass is 411 g/mol. The summed E-state index contributed by atoms with van der Waals surface area (Å²) in [5, 5.41) is 3.05. The van der Waals surface area contributed by atoms with Crippen LogP contribution in [0.25, 0.3) is 0 Å². The number of nitrogens with one attached hydrogen (secondary N) is 1. The molecule has 2 saturated heterocycles. The first-order valence-electron chi connectivity index (χ1n) is 9.76. The van der Waals surface area contributed by atoms with E-state index in [0.29, 0.717) is 13.1 Å². The Balaban J connectivity index is 1.34. The highest BCUT2D eigenvalue weighted by Gasteiger charge is 2.32. The highest BCUT2D eigenvalue weighted by molar-refractivity contribution is 7.80. The number of carbonyl (C=O) groups excluding carboxylic acids is 1. The number of hydrogen-bond donors (Lipinski definition) is 2. The van der Waals surface area contributed by atoms with E-state index in [-0.39, 0.29) is 17.3 Å². The number of rotatable bonds is 5. The Kier molecular flexibility index (Phi) is 5.71. The minimum Gasteiger partial charge on any atom is -0.442 e. The van der Waals surface area contributed by atoms with E-state index in [0.717, 1.165) is 31.9 Å². The van der Waals surface area contributed by atoms with Crippen molar-refractivity contribution >= 4 is 40.5 Å². The van der Waals surface area contributed by atoms with Crippen molar-refractivity contribution in [2.24, 2.45) is 5.73 Å². The Hall–Kier alpha value is -3.00. The first-order chi connectivity index (χ1) is 14.1. The van der Waals surface area contributed by atoms with Crippen LogP contribution in [0.3, 0.4) is 0 Å². The molecule has 0 aliphatic carbocycles. The number of piperazine rings is 1. The first-order valence-corrected chi connectivity index (χ1v) is 10.2. The van der Waals surface area contributed by atoms with Gasteiger partial charge in [-0.15, -0.1) is 0 Å². The summed E-state index contributed by atoms with van der Waals surface area (Å²) in [5.41, 5.74) is 8.71. The zero-order valence-electron chi connectivity index (χ0n) is 16.2. The van der Waals surface area contributed by atoms with Gasteiger partial charge in [0.2, 0.25) is 0 Å². The van der Waals surface area contributed by atoms with Crippen molar-refractivity contribution in [1.29, 1.82) is 0 Å². The average Bonchev–Trinajstić information content (AvgIpc) is 3.14. The van der Waals surface area contributed by atoms with E-state index in [2.05, 4.69) is 51.5 Å². The Morgan fingerprint density at radius 3 is 2.10 bits per heavy atom. The molecule has 2 heterocycles. The van der Waals surface area contributed by atoms with Crippen molar-refractivity contribution < 1.29 is 9.53 Å². The van der Waals surface area contributed by atoms with Crippen LogP contribution in [0, 0.1) is 0 Å². The van der Waals surface area contributed by atoms with Crippen LogP contribution in [0.1, 0.15) is 0 Å². The van der Waals surface area contributed by atoms with Gasteiger partial charge in [-0.05, 0) is 48.6 Å². The van der Waals surface area contributed by atoms with Crippen molar-refractivity contribution in [2.45, 2.75) is 6.10 Å². The van der Waals surface area contributed by atoms with Crippen molar-refractivity contribution in [1.82, 2.24) is 5.32 Å². The lowest BCUT2D eigenvalue weighted by molar-refractivity contribution is 0.143. The molecule has 29 heavy (non-hydrogen) atoms. The predicted octanol–water partition coefficient (Wildman–Crippen LogP) is 2.17. The van der Waals surface area contributed by atoms with Crippen molar-refractivity contribution in [3.05, 3.63) is 54.6 Å². The Labute approximate surface area is 176 Å². The molecule has 7 nitrogen and oxygen atoms in total. The smallest absolute Gasteiger partial charge is 0.414 e. The second-order valence-corrected chi connectivity index (χ2v) is 7.63. The minimum atomic E-state index is -0.344. The summed E-state index contributed by atoms with van der Waals surface area (Å²) in [6.45, 7) is 4.80. The molecule has 8 heteroatoms. The minimum absolute atomic E-state index is 0.205. The topological polar surface area (TPSA) is 74.1 Å². The number of cyclic esters (lactones) is 1. The van der Waals surface area contributed by atoms with E-state index in [1.165, 1.54) is 11.4 Å². The van der Waals surface area contributed by atoms with Crippen LogP contribution < -0.4 is 25.8 Å². The van der Waals surface area contributed by atoms with Crippen LogP contribution in [0.4, 0.5) is 21.9 Å². The van der Waals surface area contributed by atoms with Gasteiger partial charge in [0.1, 0.15) is 6.10 Å². The van der Waals surface area contributed by atoms with Gasteiger partial charge in [-0.1, -0.05) is 18.2 Å². The molecule has 2 aliphatic rings. The number of nitrogens with zero attached hydrogens (tertiary/aromatic N) is 3. The van der Waals surface area contributed by atoms with E-state index in [4.69, 9.17) is 22.7 Å².